The minimum absolute atomic E-state index is 0.109. The first-order valence-electron chi connectivity index (χ1n) is 14.1. The molecular formula is C32H26ClN3O8S2. The van der Waals surface area contributed by atoms with E-state index in [4.69, 9.17) is 21.1 Å². The van der Waals surface area contributed by atoms with Crippen LogP contribution in [0.4, 0.5) is 11.4 Å². The maximum Gasteiger partial charge on any atom is 0.338 e. The summed E-state index contributed by atoms with van der Waals surface area (Å²) >= 11 is 8.03. The third-order valence-electron chi connectivity index (χ3n) is 7.68. The van der Waals surface area contributed by atoms with Gasteiger partial charge < -0.3 is 19.9 Å². The Balaban J connectivity index is 1.36. The number of fused-ring (bicyclic) bond motifs is 2. The summed E-state index contributed by atoms with van der Waals surface area (Å²) in [5.74, 6) is -3.46. The monoisotopic (exact) mass is 679 g/mol. The Morgan fingerprint density at radius 2 is 1.72 bits per heavy atom. The van der Waals surface area contributed by atoms with Crippen molar-refractivity contribution in [2.45, 2.75) is 29.7 Å². The van der Waals surface area contributed by atoms with E-state index < -0.39 is 45.6 Å². The number of benzene rings is 3. The number of nitrogens with zero attached hydrogens (tertiary/aromatic N) is 2. The van der Waals surface area contributed by atoms with E-state index in [0.717, 1.165) is 28.0 Å². The van der Waals surface area contributed by atoms with E-state index in [1.54, 1.807) is 55.5 Å². The molecule has 2 aliphatic rings. The molecule has 0 saturated carbocycles. The lowest BCUT2D eigenvalue weighted by molar-refractivity contribution is -0.122. The summed E-state index contributed by atoms with van der Waals surface area (Å²) in [4.78, 5) is 67.7. The number of carbonyl (C=O) groups is 4. The fraction of sp³-hybridized carbons (Fsp3) is 0.219. The van der Waals surface area contributed by atoms with Gasteiger partial charge in [-0.2, -0.15) is 0 Å². The first kappa shape index (κ1) is 31.4. The van der Waals surface area contributed by atoms with Crippen LogP contribution >= 0.6 is 34.7 Å². The van der Waals surface area contributed by atoms with E-state index >= 15 is 0 Å². The number of phenolic OH excluding ortho intramolecular Hbond substituents is 1. The number of thioether (sulfide) groups is 1. The average molecular weight is 680 g/mol. The summed E-state index contributed by atoms with van der Waals surface area (Å²) in [6.07, 6.45) is 0. The third kappa shape index (κ3) is 5.65. The van der Waals surface area contributed by atoms with Gasteiger partial charge >= 0.3 is 10.8 Å². The van der Waals surface area contributed by atoms with E-state index in [-0.39, 0.29) is 24.7 Å². The summed E-state index contributed by atoms with van der Waals surface area (Å²) in [6, 6.07) is 17.2. The largest absolute Gasteiger partial charge is 0.504 e. The van der Waals surface area contributed by atoms with Crippen molar-refractivity contribution in [2.24, 2.45) is 5.92 Å². The number of nitrogens with one attached hydrogen (secondary N) is 1. The van der Waals surface area contributed by atoms with E-state index in [1.807, 2.05) is 0 Å². The number of methoxy groups -OCH3 is 1. The fourth-order valence-corrected chi connectivity index (χ4v) is 8.49. The lowest BCUT2D eigenvalue weighted by Crippen LogP contribution is -2.33. The van der Waals surface area contributed by atoms with Crippen LogP contribution in [0, 0.1) is 5.92 Å². The highest BCUT2D eigenvalue weighted by atomic mass is 35.5. The number of carbonyl (C=O) groups excluding carboxylic acids is 4. The minimum atomic E-state index is -0.904. The summed E-state index contributed by atoms with van der Waals surface area (Å²) in [5.41, 5.74) is 1.66. The molecule has 3 heterocycles. The molecule has 0 aliphatic carbocycles. The molecule has 46 heavy (non-hydrogen) atoms. The van der Waals surface area contributed by atoms with Gasteiger partial charge in [-0.15, -0.1) is 0 Å². The van der Waals surface area contributed by atoms with E-state index in [0.29, 0.717) is 37.4 Å². The van der Waals surface area contributed by atoms with Crippen molar-refractivity contribution >= 4 is 69.8 Å². The average Bonchev–Trinajstić information content (AvgIpc) is 3.48. The van der Waals surface area contributed by atoms with Crippen molar-refractivity contribution < 1.29 is 33.8 Å². The molecule has 4 aromatic rings. The number of phenols is 1. The SMILES string of the molecule is CCOC(=O)c1ccc(NC(=O)Cn2c3c(sc2=O)C(c2ccc(O)c(OC)c2)C2C(=O)N(c4ccc(Cl)cc4)C(=O)C2S3)cc1. The molecule has 1 aromatic heterocycles. The number of hydrogen-bond donors (Lipinski definition) is 2. The van der Waals surface area contributed by atoms with Crippen LogP contribution in [-0.4, -0.2) is 52.3 Å². The number of thiazole rings is 1. The van der Waals surface area contributed by atoms with E-state index in [9.17, 15) is 29.1 Å². The molecule has 3 atom stereocenters. The molecule has 3 aromatic carbocycles. The molecule has 3 unspecified atom stereocenters. The maximum atomic E-state index is 14.0. The fourth-order valence-electron chi connectivity index (χ4n) is 5.59. The number of ether oxygens (including phenoxy) is 2. The van der Waals surface area contributed by atoms with Crippen LogP contribution < -0.4 is 19.8 Å². The van der Waals surface area contributed by atoms with Gasteiger partial charge in [0.25, 0.3) is 0 Å². The Morgan fingerprint density at radius 1 is 1.00 bits per heavy atom. The number of rotatable bonds is 8. The molecule has 1 fully saturated rings. The highest BCUT2D eigenvalue weighted by molar-refractivity contribution is 8.00. The second kappa shape index (κ2) is 12.7. The van der Waals surface area contributed by atoms with Gasteiger partial charge in [0, 0.05) is 21.5 Å². The van der Waals surface area contributed by atoms with Crippen LogP contribution in [0.25, 0.3) is 0 Å². The molecule has 14 heteroatoms. The molecule has 0 bridgehead atoms. The Hall–Kier alpha value is -4.59. The normalized spacial score (nSPS) is 18.6. The van der Waals surface area contributed by atoms with Crippen LogP contribution in [0.1, 0.15) is 33.6 Å². The number of aromatic nitrogens is 1. The number of anilines is 2. The van der Waals surface area contributed by atoms with Crippen molar-refractivity contribution in [3.05, 3.63) is 97.4 Å². The number of imide groups is 1. The second-order valence-corrected chi connectivity index (χ2v) is 13.0. The van der Waals surface area contributed by atoms with Crippen LogP contribution in [0.15, 0.2) is 76.6 Å². The maximum absolute atomic E-state index is 14.0. The zero-order valence-corrected chi connectivity index (χ0v) is 26.8. The minimum Gasteiger partial charge on any atom is -0.504 e. The summed E-state index contributed by atoms with van der Waals surface area (Å²) in [7, 11) is 1.40. The Labute approximate surface area is 275 Å². The predicted octanol–water partition coefficient (Wildman–Crippen LogP) is 4.89. The standard InChI is InChI=1S/C32H26ClN3O8S2/c1-3-44-31(41)16-4-9-19(10-5-16)34-23(38)15-35-30-27(46-32(35)42)24(17-6-13-21(37)22(14-17)43-2)25-26(45-30)29(40)36(28(25)39)20-11-7-18(33)8-12-20/h4-14,24-26,37H,3,15H2,1-2H3,(H,34,38). The smallest absolute Gasteiger partial charge is 0.338 e. The molecule has 2 N–H and O–H groups in total. The molecule has 11 nitrogen and oxygen atoms in total. The van der Waals surface area contributed by atoms with E-state index in [2.05, 4.69) is 5.32 Å². The van der Waals surface area contributed by atoms with Gasteiger partial charge in [0.2, 0.25) is 17.7 Å². The van der Waals surface area contributed by atoms with Crippen molar-refractivity contribution in [3.63, 3.8) is 0 Å². The van der Waals surface area contributed by atoms with Crippen LogP contribution in [0.3, 0.4) is 0 Å². The molecule has 0 spiro atoms. The first-order chi connectivity index (χ1) is 22.1. The highest BCUT2D eigenvalue weighted by Gasteiger charge is 2.57. The first-order valence-corrected chi connectivity index (χ1v) is 16.2. The number of halogens is 1. The lowest BCUT2D eigenvalue weighted by atomic mass is 9.83. The number of hydrogen-bond acceptors (Lipinski definition) is 10. The Kier molecular flexibility index (Phi) is 8.64. The van der Waals surface area contributed by atoms with Gasteiger partial charge in [-0.1, -0.05) is 40.8 Å². The quantitative estimate of drug-likeness (QED) is 0.197. The third-order valence-corrected chi connectivity index (χ3v) is 10.5. The van der Waals surface area contributed by atoms with Crippen molar-refractivity contribution in [1.29, 1.82) is 0 Å². The molecule has 236 valence electrons. The number of esters is 1. The lowest BCUT2D eigenvalue weighted by Gasteiger charge is -2.31. The molecule has 1 saturated heterocycles. The predicted molar refractivity (Wildman–Crippen MR) is 173 cm³/mol. The molecular weight excluding hydrogens is 654 g/mol. The molecule has 6 rings (SSSR count). The van der Waals surface area contributed by atoms with Crippen molar-refractivity contribution in [2.75, 3.05) is 23.9 Å². The Morgan fingerprint density at radius 3 is 2.39 bits per heavy atom. The van der Waals surface area contributed by atoms with Gasteiger partial charge in [0.1, 0.15) is 11.8 Å². The zero-order valence-electron chi connectivity index (χ0n) is 24.4. The van der Waals surface area contributed by atoms with Crippen molar-refractivity contribution in [3.8, 4) is 11.5 Å². The Bertz CT molecular complexity index is 1920. The van der Waals surface area contributed by atoms with Crippen LogP contribution in [-0.2, 0) is 25.7 Å². The summed E-state index contributed by atoms with van der Waals surface area (Å²) < 4.78 is 11.6. The van der Waals surface area contributed by atoms with Gasteiger partial charge in [0.05, 0.1) is 35.9 Å². The molecule has 2 aliphatic heterocycles. The second-order valence-electron chi connectivity index (χ2n) is 10.4. The van der Waals surface area contributed by atoms with Gasteiger partial charge in [-0.3, -0.25) is 23.7 Å². The number of amides is 3. The van der Waals surface area contributed by atoms with Crippen LogP contribution in [0.5, 0.6) is 11.5 Å². The highest BCUT2D eigenvalue weighted by Crippen LogP contribution is 2.54. The van der Waals surface area contributed by atoms with Gasteiger partial charge in [-0.05, 0) is 73.2 Å². The number of aromatic hydroxyl groups is 1. The molecule has 3 amide bonds. The summed E-state index contributed by atoms with van der Waals surface area (Å²) in [5, 5.41) is 12.9. The van der Waals surface area contributed by atoms with Crippen LogP contribution in [0.2, 0.25) is 5.02 Å². The summed E-state index contributed by atoms with van der Waals surface area (Å²) in [6.45, 7) is 1.58. The van der Waals surface area contributed by atoms with E-state index in [1.165, 1.54) is 29.9 Å². The zero-order chi connectivity index (χ0) is 32.7. The van der Waals surface area contributed by atoms with Crippen molar-refractivity contribution in [1.82, 2.24) is 4.57 Å². The topological polar surface area (TPSA) is 144 Å². The molecule has 0 radical (unpaired) electrons. The van der Waals surface area contributed by atoms with Gasteiger partial charge in [-0.25, -0.2) is 9.69 Å². The van der Waals surface area contributed by atoms with Gasteiger partial charge in [0.15, 0.2) is 11.5 Å².